The summed E-state index contributed by atoms with van der Waals surface area (Å²) in [5, 5.41) is 0. The normalized spacial score (nSPS) is 28.3. The molecule has 2 unspecified atom stereocenters. The second kappa shape index (κ2) is 9.84. The fourth-order valence-electron chi connectivity index (χ4n) is 3.35. The minimum Gasteiger partial charge on any atom is -0.378 e. The van der Waals surface area contributed by atoms with Crippen LogP contribution in [0.1, 0.15) is 26.7 Å². The first-order valence-electron chi connectivity index (χ1n) is 8.00. The molecule has 0 aromatic rings. The van der Waals surface area contributed by atoms with Gasteiger partial charge in [-0.2, -0.15) is 0 Å². The Morgan fingerprint density at radius 1 is 1.19 bits per heavy atom. The van der Waals surface area contributed by atoms with E-state index in [9.17, 15) is 0 Å². The molecule has 0 aliphatic carbocycles. The average Bonchev–Trinajstić information content (AvgIpc) is 2.43. The van der Waals surface area contributed by atoms with Gasteiger partial charge >= 0.3 is 0 Å². The summed E-state index contributed by atoms with van der Waals surface area (Å²) >= 11 is 0. The molecule has 5 nitrogen and oxygen atoms in total. The molecule has 2 atom stereocenters. The molecule has 0 saturated carbocycles. The lowest BCUT2D eigenvalue weighted by atomic mass is 9.92. The number of rotatable bonds is 4. The van der Waals surface area contributed by atoms with Gasteiger partial charge < -0.3 is 20.3 Å². The number of piperidine rings is 1. The van der Waals surface area contributed by atoms with Gasteiger partial charge in [0.05, 0.1) is 13.2 Å². The van der Waals surface area contributed by atoms with Crippen molar-refractivity contribution in [3.8, 4) is 0 Å². The Balaban J connectivity index is 0.00000220. The Labute approximate surface area is 146 Å². The Kier molecular flexibility index (Phi) is 8.89. The molecule has 0 bridgehead atoms. The van der Waals surface area contributed by atoms with E-state index in [2.05, 4.69) is 28.6 Å². The third-order valence-electron chi connectivity index (χ3n) is 4.19. The maximum Gasteiger partial charge on any atom is 0.191 e. The number of morpholine rings is 1. The molecular weight excluding hydrogens is 379 g/mol. The van der Waals surface area contributed by atoms with Gasteiger partial charge in [0.15, 0.2) is 5.96 Å². The largest absolute Gasteiger partial charge is 0.378 e. The number of nitrogens with two attached hydrogens (primary N) is 1. The van der Waals surface area contributed by atoms with Gasteiger partial charge in [-0.25, -0.2) is 0 Å². The minimum absolute atomic E-state index is 0. The molecule has 2 aliphatic rings. The zero-order valence-corrected chi connectivity index (χ0v) is 15.8. The third kappa shape index (κ3) is 6.69. The van der Waals surface area contributed by atoms with E-state index in [1.165, 1.54) is 19.5 Å². The number of halogens is 1. The fourth-order valence-corrected chi connectivity index (χ4v) is 3.35. The van der Waals surface area contributed by atoms with Gasteiger partial charge in [0, 0.05) is 32.7 Å². The number of aliphatic imine (C=N–C) groups is 1. The Morgan fingerprint density at radius 2 is 1.81 bits per heavy atom. The van der Waals surface area contributed by atoms with Crippen LogP contribution in [0.3, 0.4) is 0 Å². The van der Waals surface area contributed by atoms with Crippen molar-refractivity contribution in [2.75, 3.05) is 52.5 Å². The van der Waals surface area contributed by atoms with Crippen LogP contribution in [0.4, 0.5) is 0 Å². The maximum absolute atomic E-state index is 6.02. The summed E-state index contributed by atoms with van der Waals surface area (Å²) in [6.45, 7) is 12.5. The minimum atomic E-state index is 0. The number of hydrogen-bond donors (Lipinski definition) is 1. The first kappa shape index (κ1) is 19.0. The monoisotopic (exact) mass is 410 g/mol. The number of likely N-dealkylation sites (tertiary alicyclic amines) is 1. The van der Waals surface area contributed by atoms with Crippen LogP contribution in [0.25, 0.3) is 0 Å². The van der Waals surface area contributed by atoms with E-state index in [1.54, 1.807) is 0 Å². The van der Waals surface area contributed by atoms with E-state index in [4.69, 9.17) is 10.5 Å². The topological polar surface area (TPSA) is 54.1 Å². The van der Waals surface area contributed by atoms with Crippen LogP contribution in [-0.2, 0) is 4.74 Å². The lowest BCUT2D eigenvalue weighted by Gasteiger charge is -2.34. The van der Waals surface area contributed by atoms with Gasteiger partial charge in [0.2, 0.25) is 0 Å². The van der Waals surface area contributed by atoms with E-state index < -0.39 is 0 Å². The van der Waals surface area contributed by atoms with E-state index in [-0.39, 0.29) is 24.0 Å². The summed E-state index contributed by atoms with van der Waals surface area (Å²) in [5.41, 5.74) is 6.02. The number of ether oxygens (including phenoxy) is 1. The zero-order chi connectivity index (χ0) is 14.4. The second-order valence-electron chi connectivity index (χ2n) is 6.40. The molecule has 2 fully saturated rings. The predicted molar refractivity (Wildman–Crippen MR) is 98.3 cm³/mol. The molecule has 0 aromatic carbocycles. The first-order chi connectivity index (χ1) is 9.65. The van der Waals surface area contributed by atoms with Gasteiger partial charge in [-0.05, 0) is 31.2 Å². The van der Waals surface area contributed by atoms with Crippen molar-refractivity contribution >= 4 is 29.9 Å². The Morgan fingerprint density at radius 3 is 2.43 bits per heavy atom. The molecular formula is C15H31IN4O. The van der Waals surface area contributed by atoms with Gasteiger partial charge in [0.1, 0.15) is 0 Å². The van der Waals surface area contributed by atoms with E-state index in [0.717, 1.165) is 57.6 Å². The third-order valence-corrected chi connectivity index (χ3v) is 4.19. The van der Waals surface area contributed by atoms with E-state index in [1.807, 2.05) is 0 Å². The molecule has 2 aliphatic heterocycles. The maximum atomic E-state index is 6.02. The van der Waals surface area contributed by atoms with Gasteiger partial charge in [0.25, 0.3) is 0 Å². The van der Waals surface area contributed by atoms with E-state index >= 15 is 0 Å². The lowest BCUT2D eigenvalue weighted by molar-refractivity contribution is 0.0674. The summed E-state index contributed by atoms with van der Waals surface area (Å²) in [6.07, 6.45) is 2.48. The zero-order valence-electron chi connectivity index (χ0n) is 13.5. The van der Waals surface area contributed by atoms with Crippen molar-refractivity contribution < 1.29 is 4.74 Å². The molecule has 0 amide bonds. The Bertz CT molecular complexity index is 311. The van der Waals surface area contributed by atoms with Gasteiger partial charge in [-0.15, -0.1) is 24.0 Å². The van der Waals surface area contributed by atoms with Crippen molar-refractivity contribution in [1.29, 1.82) is 0 Å². The second-order valence-corrected chi connectivity index (χ2v) is 6.40. The molecule has 124 valence electrons. The van der Waals surface area contributed by atoms with Crippen LogP contribution >= 0.6 is 24.0 Å². The lowest BCUT2D eigenvalue weighted by Crippen LogP contribution is -2.45. The van der Waals surface area contributed by atoms with Crippen molar-refractivity contribution in [2.24, 2.45) is 22.6 Å². The Hall–Kier alpha value is -0.0800. The molecule has 21 heavy (non-hydrogen) atoms. The predicted octanol–water partition coefficient (Wildman–Crippen LogP) is 1.62. The highest BCUT2D eigenvalue weighted by atomic mass is 127. The molecule has 2 heterocycles. The molecule has 2 saturated heterocycles. The first-order valence-corrected chi connectivity index (χ1v) is 8.00. The van der Waals surface area contributed by atoms with Crippen LogP contribution in [0, 0.1) is 11.8 Å². The van der Waals surface area contributed by atoms with Gasteiger partial charge in [-0.3, -0.25) is 4.99 Å². The SMILES string of the molecule is CC1CC(C)CN(CCCN=C(N)N2CCOCC2)C1.I. The van der Waals surface area contributed by atoms with Crippen molar-refractivity contribution in [3.63, 3.8) is 0 Å². The highest BCUT2D eigenvalue weighted by Gasteiger charge is 2.21. The van der Waals surface area contributed by atoms with Crippen molar-refractivity contribution in [2.45, 2.75) is 26.7 Å². The summed E-state index contributed by atoms with van der Waals surface area (Å²) in [6, 6.07) is 0. The van der Waals surface area contributed by atoms with Gasteiger partial charge in [-0.1, -0.05) is 13.8 Å². The number of hydrogen-bond acceptors (Lipinski definition) is 3. The standard InChI is InChI=1S/C15H30N4O.HI/c1-13-10-14(2)12-18(11-13)5-3-4-17-15(16)19-6-8-20-9-7-19;/h13-14H,3-12H2,1-2H3,(H2,16,17);1H. The molecule has 2 N–H and O–H groups in total. The van der Waals surface area contributed by atoms with Crippen molar-refractivity contribution in [3.05, 3.63) is 0 Å². The van der Waals surface area contributed by atoms with Crippen molar-refractivity contribution in [1.82, 2.24) is 9.80 Å². The van der Waals surface area contributed by atoms with Crippen LogP contribution in [0.15, 0.2) is 4.99 Å². The molecule has 0 aromatic heterocycles. The highest BCUT2D eigenvalue weighted by molar-refractivity contribution is 14.0. The highest BCUT2D eigenvalue weighted by Crippen LogP contribution is 2.20. The van der Waals surface area contributed by atoms with Crippen LogP contribution in [0.2, 0.25) is 0 Å². The number of nitrogens with zero attached hydrogens (tertiary/aromatic N) is 3. The molecule has 2 rings (SSSR count). The number of guanidine groups is 1. The summed E-state index contributed by atoms with van der Waals surface area (Å²) in [7, 11) is 0. The van der Waals surface area contributed by atoms with E-state index in [0.29, 0.717) is 5.96 Å². The average molecular weight is 410 g/mol. The summed E-state index contributed by atoms with van der Waals surface area (Å²) in [4.78, 5) is 9.21. The summed E-state index contributed by atoms with van der Waals surface area (Å²) < 4.78 is 5.32. The molecule has 6 heteroatoms. The van der Waals surface area contributed by atoms with Crippen LogP contribution in [-0.4, -0.2) is 68.2 Å². The quantitative estimate of drug-likeness (QED) is 0.331. The smallest absolute Gasteiger partial charge is 0.191 e. The molecule has 0 spiro atoms. The fraction of sp³-hybridized carbons (Fsp3) is 0.933. The molecule has 0 radical (unpaired) electrons. The van der Waals surface area contributed by atoms with Crippen LogP contribution < -0.4 is 5.73 Å². The van der Waals surface area contributed by atoms with Crippen LogP contribution in [0.5, 0.6) is 0 Å². The summed E-state index contributed by atoms with van der Waals surface area (Å²) in [5.74, 6) is 2.36.